The zero-order valence-electron chi connectivity index (χ0n) is 5.18. The van der Waals surface area contributed by atoms with E-state index in [1.54, 1.807) is 0 Å². The van der Waals surface area contributed by atoms with Crippen molar-refractivity contribution in [3.8, 4) is 0 Å². The highest BCUT2D eigenvalue weighted by Gasteiger charge is 2.15. The summed E-state index contributed by atoms with van der Waals surface area (Å²) in [4.78, 5) is 14.2. The maximum absolute atomic E-state index is 10.3. The van der Waals surface area contributed by atoms with Crippen molar-refractivity contribution >= 4 is 11.9 Å². The monoisotopic (exact) mass is 128 g/mol. The minimum atomic E-state index is -0.401. The van der Waals surface area contributed by atoms with Crippen LogP contribution >= 0.6 is 0 Å². The molecule has 0 unspecified atom stereocenters. The number of rotatable bonds is 1. The van der Waals surface area contributed by atoms with Gasteiger partial charge in [-0.05, 0) is 6.92 Å². The number of hydrogen-bond acceptors (Lipinski definition) is 3. The highest BCUT2D eigenvalue weighted by molar-refractivity contribution is 6.00. The number of cyclic esters (lactones) is 1. The Morgan fingerprint density at radius 3 is 3.11 bits per heavy atom. The minimum Gasteiger partial charge on any atom is -0.441 e. The van der Waals surface area contributed by atoms with Crippen LogP contribution in [0.2, 0.25) is 0 Å². The number of amides is 1. The van der Waals surface area contributed by atoms with Crippen LogP contribution in [0.4, 0.5) is 4.79 Å². The van der Waals surface area contributed by atoms with Gasteiger partial charge in [0, 0.05) is 6.54 Å². The number of amidine groups is 1. The molecule has 0 aromatic rings. The van der Waals surface area contributed by atoms with Crippen molar-refractivity contribution in [1.82, 2.24) is 5.32 Å². The first kappa shape index (κ1) is 6.07. The molecule has 1 rings (SSSR count). The summed E-state index contributed by atoms with van der Waals surface area (Å²) >= 11 is 0. The molecule has 0 aromatic carbocycles. The Balaban J connectivity index is 2.47. The molecular formula is C5H8N2O2. The van der Waals surface area contributed by atoms with Crippen LogP contribution in [0, 0.1) is 0 Å². The molecule has 1 N–H and O–H groups in total. The zero-order valence-corrected chi connectivity index (χ0v) is 5.18. The number of hydrogen-bond donors (Lipinski definition) is 1. The van der Waals surface area contributed by atoms with Crippen LogP contribution < -0.4 is 5.32 Å². The number of ether oxygens (including phenoxy) is 1. The van der Waals surface area contributed by atoms with Gasteiger partial charge in [-0.2, -0.15) is 0 Å². The summed E-state index contributed by atoms with van der Waals surface area (Å²) in [6.45, 7) is 2.88. The van der Waals surface area contributed by atoms with Gasteiger partial charge >= 0.3 is 6.09 Å². The normalized spacial score (nSPS) is 21.9. The van der Waals surface area contributed by atoms with Crippen LogP contribution in [-0.4, -0.2) is 25.1 Å². The summed E-state index contributed by atoms with van der Waals surface area (Å²) in [6, 6.07) is 0. The maximum atomic E-state index is 10.3. The highest BCUT2D eigenvalue weighted by Crippen LogP contribution is 1.89. The molecule has 0 spiro atoms. The van der Waals surface area contributed by atoms with E-state index in [1.165, 1.54) is 0 Å². The smallest absolute Gasteiger partial charge is 0.413 e. The van der Waals surface area contributed by atoms with E-state index in [0.29, 0.717) is 19.0 Å². The first-order valence-electron chi connectivity index (χ1n) is 2.80. The lowest BCUT2D eigenvalue weighted by Crippen LogP contribution is -2.19. The molecule has 0 saturated carbocycles. The Hall–Kier alpha value is -1.06. The third kappa shape index (κ3) is 1.42. The molecule has 4 nitrogen and oxygen atoms in total. The third-order valence-corrected chi connectivity index (χ3v) is 0.935. The predicted octanol–water partition coefficient (Wildman–Crippen LogP) is 0.145. The largest absolute Gasteiger partial charge is 0.441 e. The van der Waals surface area contributed by atoms with E-state index in [9.17, 15) is 4.79 Å². The summed E-state index contributed by atoms with van der Waals surface area (Å²) in [5.74, 6) is 0.627. The molecule has 0 bridgehead atoms. The molecule has 1 fully saturated rings. The minimum absolute atomic E-state index is 0.298. The van der Waals surface area contributed by atoms with Crippen molar-refractivity contribution in [2.24, 2.45) is 4.99 Å². The lowest BCUT2D eigenvalue weighted by molar-refractivity contribution is 0.180. The van der Waals surface area contributed by atoms with Gasteiger partial charge in [-0.3, -0.25) is 10.3 Å². The predicted molar refractivity (Wildman–Crippen MR) is 32.5 cm³/mol. The van der Waals surface area contributed by atoms with E-state index < -0.39 is 6.09 Å². The van der Waals surface area contributed by atoms with E-state index in [0.717, 1.165) is 0 Å². The summed E-state index contributed by atoms with van der Waals surface area (Å²) in [5, 5.41) is 2.44. The third-order valence-electron chi connectivity index (χ3n) is 0.935. The number of nitrogens with zero attached hydrogens (tertiary/aromatic N) is 1. The second kappa shape index (κ2) is 2.48. The lowest BCUT2D eigenvalue weighted by Gasteiger charge is -1.86. The van der Waals surface area contributed by atoms with Crippen molar-refractivity contribution < 1.29 is 9.53 Å². The molecule has 1 saturated heterocycles. The number of aliphatic imine (C=N–C) groups is 1. The van der Waals surface area contributed by atoms with Crippen molar-refractivity contribution in [2.75, 3.05) is 13.2 Å². The zero-order chi connectivity index (χ0) is 6.69. The topological polar surface area (TPSA) is 50.7 Å². The number of alkyl carbamates (subject to hydrolysis) is 1. The Morgan fingerprint density at radius 2 is 2.67 bits per heavy atom. The van der Waals surface area contributed by atoms with Gasteiger partial charge in [-0.1, -0.05) is 0 Å². The molecule has 1 amide bonds. The molecule has 0 radical (unpaired) electrons. The molecule has 1 aliphatic heterocycles. The molecular weight excluding hydrogens is 120 g/mol. The van der Waals surface area contributed by atoms with Gasteiger partial charge in [0.05, 0.1) is 0 Å². The fourth-order valence-corrected chi connectivity index (χ4v) is 0.600. The van der Waals surface area contributed by atoms with Crippen LogP contribution in [0.3, 0.4) is 0 Å². The van der Waals surface area contributed by atoms with E-state index in [1.807, 2.05) is 6.92 Å². The molecule has 1 heterocycles. The molecule has 50 valence electrons. The van der Waals surface area contributed by atoms with Crippen LogP contribution in [-0.2, 0) is 4.74 Å². The molecule has 0 aromatic heterocycles. The van der Waals surface area contributed by atoms with Crippen LogP contribution in [0.15, 0.2) is 4.99 Å². The second-order valence-corrected chi connectivity index (χ2v) is 1.62. The summed E-state index contributed by atoms with van der Waals surface area (Å²) in [5.41, 5.74) is 0. The van der Waals surface area contributed by atoms with Crippen molar-refractivity contribution in [2.45, 2.75) is 6.92 Å². The van der Waals surface area contributed by atoms with E-state index >= 15 is 0 Å². The molecule has 0 atom stereocenters. The van der Waals surface area contributed by atoms with Crippen molar-refractivity contribution in [3.05, 3.63) is 0 Å². The molecule has 4 heteroatoms. The Bertz CT molecular complexity index is 153. The maximum Gasteiger partial charge on any atom is 0.413 e. The van der Waals surface area contributed by atoms with E-state index in [2.05, 4.69) is 15.0 Å². The van der Waals surface area contributed by atoms with E-state index in [-0.39, 0.29) is 0 Å². The first-order valence-corrected chi connectivity index (χ1v) is 2.80. The van der Waals surface area contributed by atoms with Gasteiger partial charge in [0.2, 0.25) is 0 Å². The number of carbonyl (C=O) groups excluding carboxylic acids is 1. The quantitative estimate of drug-likeness (QED) is 0.546. The first-order chi connectivity index (χ1) is 4.33. The Morgan fingerprint density at radius 1 is 1.89 bits per heavy atom. The lowest BCUT2D eigenvalue weighted by atomic mass is 10.6. The number of nitrogens with one attached hydrogen (secondary N) is 1. The van der Waals surface area contributed by atoms with Gasteiger partial charge in [0.25, 0.3) is 0 Å². The summed E-state index contributed by atoms with van der Waals surface area (Å²) in [6.07, 6.45) is -0.401. The Kier molecular flexibility index (Phi) is 1.67. The molecule has 0 aliphatic carbocycles. The second-order valence-electron chi connectivity index (χ2n) is 1.62. The average Bonchev–Trinajstić information content (AvgIpc) is 2.17. The van der Waals surface area contributed by atoms with Crippen molar-refractivity contribution in [3.63, 3.8) is 0 Å². The van der Waals surface area contributed by atoms with Gasteiger partial charge in [-0.15, -0.1) is 0 Å². The standard InChI is InChI=1S/C5H8N2O2/c1-2-6-4-3-9-5(8)7-4/h2-3H2,1H3,(H,6,7,8). The van der Waals surface area contributed by atoms with Crippen LogP contribution in [0.25, 0.3) is 0 Å². The van der Waals surface area contributed by atoms with Gasteiger partial charge < -0.3 is 4.74 Å². The number of carbonyl (C=O) groups is 1. The van der Waals surface area contributed by atoms with E-state index in [4.69, 9.17) is 0 Å². The van der Waals surface area contributed by atoms with Gasteiger partial charge in [0.1, 0.15) is 5.84 Å². The Labute approximate surface area is 52.9 Å². The summed E-state index contributed by atoms with van der Waals surface area (Å²) < 4.78 is 4.54. The fourth-order valence-electron chi connectivity index (χ4n) is 0.600. The highest BCUT2D eigenvalue weighted by atomic mass is 16.6. The average molecular weight is 128 g/mol. The SMILES string of the molecule is CCN=C1COC(=O)N1. The van der Waals surface area contributed by atoms with Gasteiger partial charge in [0.15, 0.2) is 6.61 Å². The fraction of sp³-hybridized carbons (Fsp3) is 0.600. The van der Waals surface area contributed by atoms with Gasteiger partial charge in [-0.25, -0.2) is 4.79 Å². The summed E-state index contributed by atoms with van der Waals surface area (Å²) in [7, 11) is 0. The molecule has 9 heavy (non-hydrogen) atoms. The van der Waals surface area contributed by atoms with Crippen LogP contribution in [0.1, 0.15) is 6.92 Å². The van der Waals surface area contributed by atoms with Crippen molar-refractivity contribution in [1.29, 1.82) is 0 Å². The molecule has 1 aliphatic rings. The van der Waals surface area contributed by atoms with Crippen LogP contribution in [0.5, 0.6) is 0 Å².